The fourth-order valence-corrected chi connectivity index (χ4v) is 3.04. The molecular weight excluding hydrogens is 344 g/mol. The van der Waals surface area contributed by atoms with E-state index in [1.807, 2.05) is 30.3 Å². The minimum atomic E-state index is -0.101. The Morgan fingerprint density at radius 1 is 1.04 bits per heavy atom. The third-order valence-corrected chi connectivity index (χ3v) is 4.64. The van der Waals surface area contributed by atoms with Gasteiger partial charge in [-0.25, -0.2) is 0 Å². The van der Waals surface area contributed by atoms with Crippen LogP contribution in [0.15, 0.2) is 54.6 Å². The number of carbonyl (C=O) groups is 3. The standard InChI is InChI=1S/C21H22N2O4/c24-14-16-6-8-19(9-7-16)27-15-20(25)23-12-10-17(11-13-23)21(26)22-18-4-2-1-3-5-18/h1-9,14,17H,10-13,15H2,(H,22,26). The average molecular weight is 366 g/mol. The largest absolute Gasteiger partial charge is 0.484 e. The van der Waals surface area contributed by atoms with E-state index in [1.54, 1.807) is 29.2 Å². The Hall–Kier alpha value is -3.15. The molecule has 2 aromatic rings. The number of anilines is 1. The highest BCUT2D eigenvalue weighted by Gasteiger charge is 2.27. The number of ether oxygens (including phenoxy) is 1. The van der Waals surface area contributed by atoms with Gasteiger partial charge >= 0.3 is 0 Å². The van der Waals surface area contributed by atoms with Crippen molar-refractivity contribution >= 4 is 23.8 Å². The Morgan fingerprint density at radius 2 is 1.70 bits per heavy atom. The van der Waals surface area contributed by atoms with Crippen molar-refractivity contribution in [2.75, 3.05) is 25.0 Å². The molecule has 6 nitrogen and oxygen atoms in total. The van der Waals surface area contributed by atoms with Gasteiger partial charge in [-0.1, -0.05) is 18.2 Å². The van der Waals surface area contributed by atoms with Crippen molar-refractivity contribution < 1.29 is 19.1 Å². The molecule has 1 N–H and O–H groups in total. The summed E-state index contributed by atoms with van der Waals surface area (Å²) in [7, 11) is 0. The summed E-state index contributed by atoms with van der Waals surface area (Å²) in [5, 5.41) is 2.92. The first-order valence-corrected chi connectivity index (χ1v) is 8.97. The summed E-state index contributed by atoms with van der Waals surface area (Å²) in [6, 6.07) is 16.0. The quantitative estimate of drug-likeness (QED) is 0.798. The number of benzene rings is 2. The topological polar surface area (TPSA) is 75.7 Å². The highest BCUT2D eigenvalue weighted by Crippen LogP contribution is 2.20. The van der Waals surface area contributed by atoms with Gasteiger partial charge in [0.05, 0.1) is 0 Å². The minimum Gasteiger partial charge on any atom is -0.484 e. The second kappa shape index (κ2) is 8.98. The number of piperidine rings is 1. The third-order valence-electron chi connectivity index (χ3n) is 4.64. The zero-order valence-corrected chi connectivity index (χ0v) is 15.0. The lowest BCUT2D eigenvalue weighted by Gasteiger charge is -2.31. The molecule has 0 spiro atoms. The molecule has 0 radical (unpaired) electrons. The van der Waals surface area contributed by atoms with Crippen LogP contribution in [0.2, 0.25) is 0 Å². The van der Waals surface area contributed by atoms with E-state index >= 15 is 0 Å². The number of amides is 2. The molecule has 2 amide bonds. The molecule has 0 aliphatic carbocycles. The maximum absolute atomic E-state index is 12.3. The number of likely N-dealkylation sites (tertiary alicyclic amines) is 1. The molecule has 0 unspecified atom stereocenters. The van der Waals surface area contributed by atoms with Crippen LogP contribution >= 0.6 is 0 Å². The van der Waals surface area contributed by atoms with Crippen LogP contribution in [0.4, 0.5) is 5.69 Å². The summed E-state index contributed by atoms with van der Waals surface area (Å²) in [4.78, 5) is 37.0. The molecule has 0 saturated carbocycles. The fourth-order valence-electron chi connectivity index (χ4n) is 3.04. The fraction of sp³-hybridized carbons (Fsp3) is 0.286. The lowest BCUT2D eigenvalue weighted by Crippen LogP contribution is -2.43. The van der Waals surface area contributed by atoms with Crippen molar-refractivity contribution in [3.05, 3.63) is 60.2 Å². The molecule has 1 fully saturated rings. The molecule has 1 aliphatic heterocycles. The first-order valence-electron chi connectivity index (χ1n) is 8.97. The molecule has 2 aromatic carbocycles. The predicted molar refractivity (Wildman–Crippen MR) is 102 cm³/mol. The lowest BCUT2D eigenvalue weighted by molar-refractivity contribution is -0.136. The summed E-state index contributed by atoms with van der Waals surface area (Å²) < 4.78 is 5.49. The Morgan fingerprint density at radius 3 is 2.33 bits per heavy atom. The van der Waals surface area contributed by atoms with Crippen molar-refractivity contribution in [1.82, 2.24) is 4.90 Å². The van der Waals surface area contributed by atoms with Crippen molar-refractivity contribution in [3.8, 4) is 5.75 Å². The zero-order valence-electron chi connectivity index (χ0n) is 15.0. The number of nitrogens with zero attached hydrogens (tertiary/aromatic N) is 1. The van der Waals surface area contributed by atoms with Crippen molar-refractivity contribution in [1.29, 1.82) is 0 Å². The molecule has 6 heteroatoms. The summed E-state index contributed by atoms with van der Waals surface area (Å²) in [6.07, 6.45) is 2.03. The molecule has 0 bridgehead atoms. The van der Waals surface area contributed by atoms with Crippen LogP contribution < -0.4 is 10.1 Å². The first-order chi connectivity index (χ1) is 13.2. The van der Waals surface area contributed by atoms with Gasteiger partial charge in [0, 0.05) is 30.3 Å². The zero-order chi connectivity index (χ0) is 19.1. The van der Waals surface area contributed by atoms with E-state index in [1.165, 1.54) is 0 Å². The van der Waals surface area contributed by atoms with Crippen molar-refractivity contribution in [2.45, 2.75) is 12.8 Å². The third kappa shape index (κ3) is 5.17. The van der Waals surface area contributed by atoms with Gasteiger partial charge < -0.3 is 15.0 Å². The van der Waals surface area contributed by atoms with Crippen LogP contribution in [0, 0.1) is 5.92 Å². The van der Waals surface area contributed by atoms with Crippen LogP contribution in [0.25, 0.3) is 0 Å². The summed E-state index contributed by atoms with van der Waals surface area (Å²) in [5.41, 5.74) is 1.35. The van der Waals surface area contributed by atoms with E-state index in [0.717, 1.165) is 12.0 Å². The van der Waals surface area contributed by atoms with Crippen LogP contribution in [0.3, 0.4) is 0 Å². The van der Waals surface area contributed by atoms with E-state index in [0.29, 0.717) is 37.2 Å². The smallest absolute Gasteiger partial charge is 0.260 e. The second-order valence-corrected chi connectivity index (χ2v) is 6.49. The molecular formula is C21H22N2O4. The van der Waals surface area contributed by atoms with E-state index in [-0.39, 0.29) is 24.3 Å². The van der Waals surface area contributed by atoms with Gasteiger partial charge in [-0.2, -0.15) is 0 Å². The number of hydrogen-bond donors (Lipinski definition) is 1. The van der Waals surface area contributed by atoms with E-state index in [9.17, 15) is 14.4 Å². The molecule has 27 heavy (non-hydrogen) atoms. The Bertz CT molecular complexity index is 782. The van der Waals surface area contributed by atoms with Gasteiger partial charge in [0.15, 0.2) is 6.61 Å². The maximum atomic E-state index is 12.3. The van der Waals surface area contributed by atoms with E-state index in [2.05, 4.69) is 5.32 Å². The molecule has 1 aliphatic rings. The monoisotopic (exact) mass is 366 g/mol. The molecule has 140 valence electrons. The molecule has 0 atom stereocenters. The normalized spacial score (nSPS) is 14.4. The van der Waals surface area contributed by atoms with E-state index in [4.69, 9.17) is 4.74 Å². The highest BCUT2D eigenvalue weighted by molar-refractivity contribution is 5.92. The van der Waals surface area contributed by atoms with Gasteiger partial charge in [0.2, 0.25) is 5.91 Å². The molecule has 1 saturated heterocycles. The molecule has 3 rings (SSSR count). The number of para-hydroxylation sites is 1. The summed E-state index contributed by atoms with van der Waals surface area (Å²) >= 11 is 0. The van der Waals surface area contributed by atoms with Crippen LogP contribution in [0.1, 0.15) is 23.2 Å². The number of hydrogen-bond acceptors (Lipinski definition) is 4. The highest BCUT2D eigenvalue weighted by atomic mass is 16.5. The molecule has 0 aromatic heterocycles. The van der Waals surface area contributed by atoms with Crippen molar-refractivity contribution in [3.63, 3.8) is 0 Å². The SMILES string of the molecule is O=Cc1ccc(OCC(=O)N2CCC(C(=O)Nc3ccccc3)CC2)cc1. The van der Waals surface area contributed by atoms with Gasteiger partial charge in [-0.05, 0) is 49.2 Å². The predicted octanol–water partition coefficient (Wildman–Crippen LogP) is 2.76. The van der Waals surface area contributed by atoms with Crippen LogP contribution in [-0.2, 0) is 9.59 Å². The summed E-state index contributed by atoms with van der Waals surface area (Å²) in [6.45, 7) is 1.03. The number of rotatable bonds is 6. The van der Waals surface area contributed by atoms with Gasteiger partial charge in [0.1, 0.15) is 12.0 Å². The molecule has 1 heterocycles. The van der Waals surface area contributed by atoms with E-state index < -0.39 is 0 Å². The first kappa shape index (κ1) is 18.6. The Kier molecular flexibility index (Phi) is 6.20. The summed E-state index contributed by atoms with van der Waals surface area (Å²) in [5.74, 6) is 0.355. The Labute approximate surface area is 158 Å². The van der Waals surface area contributed by atoms with Gasteiger partial charge in [-0.3, -0.25) is 14.4 Å². The van der Waals surface area contributed by atoms with Gasteiger partial charge in [-0.15, -0.1) is 0 Å². The minimum absolute atomic E-state index is 0.000170. The lowest BCUT2D eigenvalue weighted by atomic mass is 9.95. The second-order valence-electron chi connectivity index (χ2n) is 6.49. The number of carbonyl (C=O) groups excluding carboxylic acids is 3. The van der Waals surface area contributed by atoms with Crippen molar-refractivity contribution in [2.24, 2.45) is 5.92 Å². The van der Waals surface area contributed by atoms with Crippen LogP contribution in [-0.4, -0.2) is 42.7 Å². The van der Waals surface area contributed by atoms with Crippen LogP contribution in [0.5, 0.6) is 5.75 Å². The Balaban J connectivity index is 1.43. The average Bonchev–Trinajstić information content (AvgIpc) is 2.73. The number of nitrogens with one attached hydrogen (secondary N) is 1. The number of aldehydes is 1. The maximum Gasteiger partial charge on any atom is 0.260 e. The van der Waals surface area contributed by atoms with Gasteiger partial charge in [0.25, 0.3) is 5.91 Å².